The van der Waals surface area contributed by atoms with Crippen molar-refractivity contribution in [1.29, 1.82) is 5.26 Å². The molecule has 0 radical (unpaired) electrons. The Kier molecular flexibility index (Phi) is 6.82. The molecule has 8 nitrogen and oxygen atoms in total. The second-order valence-electron chi connectivity index (χ2n) is 8.41. The molecule has 35 heavy (non-hydrogen) atoms. The Balaban J connectivity index is 1.46. The van der Waals surface area contributed by atoms with Crippen LogP contribution in [-0.2, 0) is 21.4 Å². The van der Waals surface area contributed by atoms with E-state index in [2.05, 4.69) is 5.32 Å². The van der Waals surface area contributed by atoms with Crippen molar-refractivity contribution in [3.8, 4) is 6.07 Å². The minimum Gasteiger partial charge on any atom is -0.350 e. The molecule has 12 heteroatoms. The standard InChI is InChI=1S/C23H21F3N4O4S/c24-17-7-16(21(26)19(25)9-17)11-28-22(31)20-5-2-6-30(20)23(32)15-3-1-4-18(8-15)35(33,34)29-12-14(10-27)13-29/h1,3-4,7-9,14,20H,2,5-6,11-13H2,(H,28,31)/t20-/m1/s1. The topological polar surface area (TPSA) is 111 Å². The predicted molar refractivity (Wildman–Crippen MR) is 117 cm³/mol. The summed E-state index contributed by atoms with van der Waals surface area (Å²) in [6.45, 7) is -0.0552. The highest BCUT2D eigenvalue weighted by molar-refractivity contribution is 7.89. The molecular formula is C23H21F3N4O4S. The van der Waals surface area contributed by atoms with E-state index in [0.29, 0.717) is 18.9 Å². The van der Waals surface area contributed by atoms with Gasteiger partial charge in [0.15, 0.2) is 11.6 Å². The van der Waals surface area contributed by atoms with Crippen LogP contribution in [0.3, 0.4) is 0 Å². The van der Waals surface area contributed by atoms with Crippen LogP contribution in [0, 0.1) is 34.7 Å². The highest BCUT2D eigenvalue weighted by Gasteiger charge is 2.38. The van der Waals surface area contributed by atoms with Crippen molar-refractivity contribution in [1.82, 2.24) is 14.5 Å². The zero-order valence-electron chi connectivity index (χ0n) is 18.4. The maximum atomic E-state index is 13.9. The van der Waals surface area contributed by atoms with Gasteiger partial charge in [0.1, 0.15) is 11.9 Å². The lowest BCUT2D eigenvalue weighted by Crippen LogP contribution is -2.49. The monoisotopic (exact) mass is 506 g/mol. The Morgan fingerprint density at radius 3 is 2.60 bits per heavy atom. The van der Waals surface area contributed by atoms with E-state index in [0.717, 1.165) is 10.4 Å². The lowest BCUT2D eigenvalue weighted by Gasteiger charge is -2.34. The predicted octanol–water partition coefficient (Wildman–Crippen LogP) is 2.17. The van der Waals surface area contributed by atoms with Gasteiger partial charge in [0, 0.05) is 43.4 Å². The van der Waals surface area contributed by atoms with Crippen LogP contribution in [0.2, 0.25) is 0 Å². The molecule has 2 aromatic carbocycles. The van der Waals surface area contributed by atoms with Crippen LogP contribution in [0.5, 0.6) is 0 Å². The molecule has 2 aliphatic heterocycles. The molecule has 2 fully saturated rings. The van der Waals surface area contributed by atoms with Crippen LogP contribution in [0.4, 0.5) is 13.2 Å². The van der Waals surface area contributed by atoms with Gasteiger partial charge in [-0.25, -0.2) is 21.6 Å². The summed E-state index contributed by atoms with van der Waals surface area (Å²) < 4.78 is 67.4. The fraction of sp³-hybridized carbons (Fsp3) is 0.348. The minimum absolute atomic E-state index is 0.0707. The summed E-state index contributed by atoms with van der Waals surface area (Å²) in [6, 6.07) is 7.72. The number of sulfonamides is 1. The van der Waals surface area contributed by atoms with Gasteiger partial charge in [0.05, 0.1) is 16.9 Å². The van der Waals surface area contributed by atoms with Crippen molar-refractivity contribution in [3.05, 3.63) is 65.0 Å². The van der Waals surface area contributed by atoms with Gasteiger partial charge in [-0.05, 0) is 37.1 Å². The van der Waals surface area contributed by atoms with E-state index < -0.39 is 51.9 Å². The summed E-state index contributed by atoms with van der Waals surface area (Å²) in [7, 11) is -3.87. The third-order valence-electron chi connectivity index (χ3n) is 6.09. The Labute approximate surface area is 200 Å². The summed E-state index contributed by atoms with van der Waals surface area (Å²) in [5, 5.41) is 11.3. The van der Waals surface area contributed by atoms with Gasteiger partial charge >= 0.3 is 0 Å². The average molecular weight is 507 g/mol. The number of nitrogens with one attached hydrogen (secondary N) is 1. The third-order valence-corrected chi connectivity index (χ3v) is 7.91. The number of nitriles is 1. The molecule has 184 valence electrons. The van der Waals surface area contributed by atoms with Gasteiger partial charge < -0.3 is 10.2 Å². The fourth-order valence-corrected chi connectivity index (χ4v) is 5.72. The van der Waals surface area contributed by atoms with Gasteiger partial charge in [-0.3, -0.25) is 9.59 Å². The summed E-state index contributed by atoms with van der Waals surface area (Å²) in [4.78, 5) is 27.1. The number of carbonyl (C=O) groups excluding carboxylic acids is 2. The first-order valence-electron chi connectivity index (χ1n) is 10.8. The molecule has 0 spiro atoms. The van der Waals surface area contributed by atoms with Crippen LogP contribution in [0.1, 0.15) is 28.8 Å². The van der Waals surface area contributed by atoms with E-state index in [-0.39, 0.29) is 41.6 Å². The van der Waals surface area contributed by atoms with E-state index in [9.17, 15) is 31.2 Å². The Bertz CT molecular complexity index is 1320. The van der Waals surface area contributed by atoms with Gasteiger partial charge in [0.25, 0.3) is 5.91 Å². The van der Waals surface area contributed by atoms with Crippen LogP contribution in [0.25, 0.3) is 0 Å². The maximum absolute atomic E-state index is 13.9. The lowest BCUT2D eigenvalue weighted by atomic mass is 10.1. The van der Waals surface area contributed by atoms with Crippen LogP contribution in [0.15, 0.2) is 41.3 Å². The average Bonchev–Trinajstić information content (AvgIpc) is 3.29. The number of likely N-dealkylation sites (tertiary alicyclic amines) is 1. The first-order chi connectivity index (χ1) is 16.6. The SMILES string of the molecule is N#CC1CN(S(=O)(=O)c2cccc(C(=O)N3CCC[C@@H]3C(=O)NCc3cc(F)cc(F)c3F)c2)C1. The van der Waals surface area contributed by atoms with E-state index in [1.165, 1.54) is 29.2 Å². The number of hydrogen-bond donors (Lipinski definition) is 1. The summed E-state index contributed by atoms with van der Waals surface area (Å²) >= 11 is 0. The largest absolute Gasteiger partial charge is 0.350 e. The number of hydrogen-bond acceptors (Lipinski definition) is 5. The molecule has 2 heterocycles. The van der Waals surface area contributed by atoms with Crippen molar-refractivity contribution in [2.45, 2.75) is 30.3 Å². The van der Waals surface area contributed by atoms with E-state index in [1.807, 2.05) is 6.07 Å². The minimum atomic E-state index is -3.87. The molecule has 2 aliphatic rings. The molecule has 0 aliphatic carbocycles. The number of nitrogens with zero attached hydrogens (tertiary/aromatic N) is 3. The maximum Gasteiger partial charge on any atom is 0.254 e. The molecule has 2 amide bonds. The first kappa shape index (κ1) is 24.7. The molecule has 0 bridgehead atoms. The zero-order chi connectivity index (χ0) is 25.3. The van der Waals surface area contributed by atoms with E-state index in [4.69, 9.17) is 5.26 Å². The molecule has 2 saturated heterocycles. The lowest BCUT2D eigenvalue weighted by molar-refractivity contribution is -0.125. The van der Waals surface area contributed by atoms with Crippen LogP contribution in [-0.4, -0.2) is 55.1 Å². The molecule has 1 atom stereocenters. The smallest absolute Gasteiger partial charge is 0.254 e. The first-order valence-corrected chi connectivity index (χ1v) is 12.3. The van der Waals surface area contributed by atoms with E-state index in [1.54, 1.807) is 0 Å². The summed E-state index contributed by atoms with van der Waals surface area (Å²) in [5.74, 6) is -5.17. The zero-order valence-corrected chi connectivity index (χ0v) is 19.2. The molecule has 0 unspecified atom stereocenters. The van der Waals surface area contributed by atoms with Crippen molar-refractivity contribution >= 4 is 21.8 Å². The second kappa shape index (κ2) is 9.67. The molecule has 1 N–H and O–H groups in total. The van der Waals surface area contributed by atoms with Gasteiger partial charge in [-0.2, -0.15) is 9.57 Å². The van der Waals surface area contributed by atoms with Gasteiger partial charge in [0.2, 0.25) is 15.9 Å². The Hall–Kier alpha value is -3.43. The number of amides is 2. The van der Waals surface area contributed by atoms with Gasteiger partial charge in [-0.1, -0.05) is 6.07 Å². The van der Waals surface area contributed by atoms with Crippen molar-refractivity contribution < 1.29 is 31.2 Å². The third kappa shape index (κ3) is 4.87. The number of halogens is 3. The molecule has 4 rings (SSSR count). The number of benzene rings is 2. The van der Waals surface area contributed by atoms with E-state index >= 15 is 0 Å². The Morgan fingerprint density at radius 1 is 1.14 bits per heavy atom. The van der Waals surface area contributed by atoms with Crippen molar-refractivity contribution in [2.24, 2.45) is 5.92 Å². The second-order valence-corrected chi connectivity index (χ2v) is 10.3. The molecule has 0 aromatic heterocycles. The number of carbonyl (C=O) groups is 2. The summed E-state index contributed by atoms with van der Waals surface area (Å²) in [6.07, 6.45) is 0.826. The van der Waals surface area contributed by atoms with Gasteiger partial charge in [-0.15, -0.1) is 0 Å². The van der Waals surface area contributed by atoms with Crippen molar-refractivity contribution in [2.75, 3.05) is 19.6 Å². The molecular weight excluding hydrogens is 485 g/mol. The molecule has 0 saturated carbocycles. The number of rotatable bonds is 6. The summed E-state index contributed by atoms with van der Waals surface area (Å²) in [5.41, 5.74) is -0.296. The Morgan fingerprint density at radius 2 is 1.89 bits per heavy atom. The highest BCUT2D eigenvalue weighted by atomic mass is 32.2. The fourth-order valence-electron chi connectivity index (χ4n) is 4.14. The normalized spacial score (nSPS) is 18.7. The van der Waals surface area contributed by atoms with Crippen LogP contribution < -0.4 is 5.32 Å². The van der Waals surface area contributed by atoms with Crippen LogP contribution >= 0.6 is 0 Å². The van der Waals surface area contributed by atoms with Crippen molar-refractivity contribution in [3.63, 3.8) is 0 Å². The highest BCUT2D eigenvalue weighted by Crippen LogP contribution is 2.27. The molecule has 2 aromatic rings. The quantitative estimate of drug-likeness (QED) is 0.604.